The van der Waals surface area contributed by atoms with Gasteiger partial charge in [-0.2, -0.15) is 0 Å². The Morgan fingerprint density at radius 3 is 0.885 bits per heavy atom. The van der Waals surface area contributed by atoms with E-state index in [1.165, 1.54) is 231 Å². The molecule has 0 aliphatic heterocycles. The molecule has 0 aliphatic carbocycles. The second-order valence-electron chi connectivity index (χ2n) is 21.9. The molecule has 0 aromatic heterocycles. The number of carboxylic acid groups (broad SMARTS) is 1. The minimum absolute atomic E-state index is 0.104. The van der Waals surface area contributed by atoms with Crippen molar-refractivity contribution in [2.45, 2.75) is 297 Å². The smallest absolute Gasteiger partial charge is 0.335 e. The third kappa shape index (κ3) is 35.9. The van der Waals surface area contributed by atoms with Crippen molar-refractivity contribution >= 4 is 17.9 Å². The average Bonchev–Trinajstić information content (AvgIpc) is 3.45. The lowest BCUT2D eigenvalue weighted by Crippen LogP contribution is -2.11. The van der Waals surface area contributed by atoms with Crippen LogP contribution in [-0.4, -0.2) is 42.8 Å². The molecule has 0 heterocycles. The van der Waals surface area contributed by atoms with Gasteiger partial charge >= 0.3 is 17.9 Å². The van der Waals surface area contributed by atoms with Gasteiger partial charge in [0.1, 0.15) is 6.61 Å². The second-order valence-corrected chi connectivity index (χ2v) is 21.9. The summed E-state index contributed by atoms with van der Waals surface area (Å²) in [4.78, 5) is 37.1. The quantitative estimate of drug-likeness (QED) is 0.0296. The molecule has 2 rings (SSSR count). The van der Waals surface area contributed by atoms with Gasteiger partial charge in [-0.3, -0.25) is 0 Å². The molecule has 0 bridgehead atoms. The molecule has 0 atom stereocenters. The molecule has 78 heavy (non-hydrogen) atoms. The number of esters is 2. The van der Waals surface area contributed by atoms with Gasteiger partial charge in [-0.05, 0) is 49.1 Å². The third-order valence-corrected chi connectivity index (χ3v) is 14.7. The first-order valence-corrected chi connectivity index (χ1v) is 32.1. The van der Waals surface area contributed by atoms with E-state index in [1.54, 1.807) is 0 Å². The second kappa shape index (κ2) is 49.6. The number of rotatable bonds is 56. The fraction of sp³-hybridized carbons (Fsp3) is 0.721. The molecule has 10 heteroatoms. The molecular weight excluding hydrogens is 977 g/mol. The molecule has 0 spiro atoms. The Morgan fingerprint density at radius 1 is 0.359 bits per heavy atom. The van der Waals surface area contributed by atoms with E-state index in [1.807, 2.05) is 12.1 Å². The van der Waals surface area contributed by atoms with E-state index in [4.69, 9.17) is 28.4 Å². The predicted octanol–water partition coefficient (Wildman–Crippen LogP) is 20.7. The van der Waals surface area contributed by atoms with E-state index in [-0.39, 0.29) is 29.4 Å². The van der Waals surface area contributed by atoms with Crippen molar-refractivity contribution in [2.75, 3.05) is 19.8 Å². The lowest BCUT2D eigenvalue weighted by atomic mass is 10.0. The first-order chi connectivity index (χ1) is 38.3. The fourth-order valence-corrected chi connectivity index (χ4v) is 9.95. The molecule has 0 amide bonds. The maximum atomic E-state index is 12.5. The lowest BCUT2D eigenvalue weighted by Gasteiger charge is -2.20. The monoisotopic (exact) mass is 1090 g/mol. The summed E-state index contributed by atoms with van der Waals surface area (Å²) in [7, 11) is 0. The Hall–Kier alpha value is -4.47. The Labute approximate surface area is 476 Å². The molecule has 0 radical (unpaired) electrons. The van der Waals surface area contributed by atoms with Crippen LogP contribution in [0.15, 0.2) is 49.6 Å². The fourth-order valence-electron chi connectivity index (χ4n) is 9.95. The predicted molar refractivity (Wildman–Crippen MR) is 323 cm³/mol. The number of benzene rings is 2. The molecule has 0 aliphatic rings. The van der Waals surface area contributed by atoms with Crippen LogP contribution in [0.25, 0.3) is 0 Å². The number of carbonyl (C=O) groups is 3. The van der Waals surface area contributed by atoms with Crippen LogP contribution in [0.2, 0.25) is 0 Å². The molecule has 0 unspecified atom stereocenters. The van der Waals surface area contributed by atoms with Crippen LogP contribution in [0.1, 0.15) is 306 Å². The number of aromatic carboxylic acids is 1. The molecular formula is C68H112O10. The summed E-state index contributed by atoms with van der Waals surface area (Å²) in [6.07, 6.45) is 55.4. The van der Waals surface area contributed by atoms with Crippen LogP contribution in [0.3, 0.4) is 0 Å². The molecule has 0 fully saturated rings. The van der Waals surface area contributed by atoms with Crippen LogP contribution < -0.4 is 28.4 Å². The topological polar surface area (TPSA) is 127 Å². The first-order valence-electron chi connectivity index (χ1n) is 32.1. The van der Waals surface area contributed by atoms with Crippen molar-refractivity contribution in [3.63, 3.8) is 0 Å². The zero-order valence-electron chi connectivity index (χ0n) is 50.0. The summed E-state index contributed by atoms with van der Waals surface area (Å²) in [5.74, 6) is -1.95. The van der Waals surface area contributed by atoms with E-state index in [0.717, 1.165) is 62.8 Å². The van der Waals surface area contributed by atoms with Crippen molar-refractivity contribution in [1.29, 1.82) is 0 Å². The molecule has 0 saturated heterocycles. The molecule has 2 aromatic rings. The van der Waals surface area contributed by atoms with E-state index in [9.17, 15) is 19.5 Å². The highest BCUT2D eigenvalue weighted by molar-refractivity contribution is 5.92. The van der Waals surface area contributed by atoms with Crippen LogP contribution in [0.4, 0.5) is 0 Å². The minimum atomic E-state index is -1.32. The van der Waals surface area contributed by atoms with Gasteiger partial charge in [0.25, 0.3) is 0 Å². The normalized spacial score (nSPS) is 11.1. The maximum Gasteiger partial charge on any atom is 0.335 e. The van der Waals surface area contributed by atoms with Gasteiger partial charge in [0, 0.05) is 12.2 Å². The summed E-state index contributed by atoms with van der Waals surface area (Å²) >= 11 is 0. The van der Waals surface area contributed by atoms with Gasteiger partial charge in [0.2, 0.25) is 11.5 Å². The van der Waals surface area contributed by atoms with Crippen LogP contribution in [-0.2, 0) is 16.2 Å². The molecule has 444 valence electrons. The Bertz CT molecular complexity index is 1740. The van der Waals surface area contributed by atoms with Crippen molar-refractivity contribution in [2.24, 2.45) is 0 Å². The van der Waals surface area contributed by atoms with E-state index < -0.39 is 17.9 Å². The highest BCUT2D eigenvalue weighted by Gasteiger charge is 2.23. The van der Waals surface area contributed by atoms with Crippen molar-refractivity contribution in [1.82, 2.24) is 0 Å². The Morgan fingerprint density at radius 2 is 0.615 bits per heavy atom. The molecule has 1 N–H and O–H groups in total. The lowest BCUT2D eigenvalue weighted by molar-refractivity contribution is -0.129. The standard InChI is InChI=1S/C68H112O10/c1-6-11-14-17-20-23-26-29-32-35-38-41-44-47-50-73-60-53-58(57-76-67-62(77-64(69)9-4)55-59(68(71)72)56-63(67)78-65(70)10-5)54-61(74-51-48-45-42-39-36-33-30-27-24-21-18-15-12-7-2)66(60)75-52-49-46-43-40-37-34-31-28-25-22-19-16-13-8-3/h9-10,53-56H,4-8,11-52,57H2,1-3H3,(H,71,72). The number of unbranched alkanes of at least 4 members (excludes halogenated alkanes) is 39. The van der Waals surface area contributed by atoms with E-state index in [2.05, 4.69) is 33.9 Å². The van der Waals surface area contributed by atoms with Crippen LogP contribution in [0, 0.1) is 0 Å². The largest absolute Gasteiger partial charge is 0.490 e. The van der Waals surface area contributed by atoms with Gasteiger partial charge < -0.3 is 33.5 Å². The zero-order valence-corrected chi connectivity index (χ0v) is 50.0. The Kier molecular flexibility index (Phi) is 44.2. The van der Waals surface area contributed by atoms with Crippen LogP contribution >= 0.6 is 0 Å². The maximum absolute atomic E-state index is 12.5. The summed E-state index contributed by atoms with van der Waals surface area (Å²) in [5, 5.41) is 9.89. The Balaban J connectivity index is 2.23. The molecule has 0 saturated carbocycles. The number of carbonyl (C=O) groups excluding carboxylic acids is 2. The first kappa shape index (κ1) is 69.6. The summed E-state index contributed by atoms with van der Waals surface area (Å²) < 4.78 is 37.1. The number of hydrogen-bond donors (Lipinski definition) is 1. The zero-order chi connectivity index (χ0) is 56.4. The SMILES string of the molecule is C=CC(=O)Oc1cc(C(=O)O)cc(OC(=O)C=C)c1OCc1cc(OCCCCCCCCCCCCCCCC)c(OCCCCCCCCCCCCCCCC)c(OCCCCCCCCCCCCCCCC)c1. The summed E-state index contributed by atoms with van der Waals surface area (Å²) in [6.45, 7) is 15.2. The van der Waals surface area contributed by atoms with Crippen molar-refractivity contribution in [3.8, 4) is 34.5 Å². The minimum Gasteiger partial charge on any atom is -0.490 e. The molecule has 2 aromatic carbocycles. The van der Waals surface area contributed by atoms with E-state index in [0.29, 0.717) is 42.6 Å². The van der Waals surface area contributed by atoms with E-state index >= 15 is 0 Å². The van der Waals surface area contributed by atoms with Crippen molar-refractivity contribution < 1.29 is 47.9 Å². The highest BCUT2D eigenvalue weighted by atomic mass is 16.6. The van der Waals surface area contributed by atoms with Gasteiger partial charge in [-0.25, -0.2) is 14.4 Å². The highest BCUT2D eigenvalue weighted by Crippen LogP contribution is 2.43. The van der Waals surface area contributed by atoms with Gasteiger partial charge in [-0.1, -0.05) is 284 Å². The number of hydrogen-bond acceptors (Lipinski definition) is 9. The van der Waals surface area contributed by atoms with Crippen molar-refractivity contribution in [3.05, 3.63) is 60.7 Å². The molecule has 10 nitrogen and oxygen atoms in total. The van der Waals surface area contributed by atoms with Gasteiger partial charge in [-0.15, -0.1) is 0 Å². The summed E-state index contributed by atoms with van der Waals surface area (Å²) in [5.41, 5.74) is 0.384. The van der Waals surface area contributed by atoms with Gasteiger partial charge in [0.05, 0.1) is 25.4 Å². The average molecular weight is 1090 g/mol. The number of carboxylic acids is 1. The third-order valence-electron chi connectivity index (χ3n) is 14.7. The van der Waals surface area contributed by atoms with Crippen LogP contribution in [0.5, 0.6) is 34.5 Å². The number of ether oxygens (including phenoxy) is 6. The summed E-state index contributed by atoms with van der Waals surface area (Å²) in [6, 6.07) is 6.07. The van der Waals surface area contributed by atoms with Gasteiger partial charge in [0.15, 0.2) is 23.0 Å².